The molecule has 21 heavy (non-hydrogen) atoms. The highest BCUT2D eigenvalue weighted by Gasteiger charge is 2.18. The van der Waals surface area contributed by atoms with Crippen LogP contribution in [0.3, 0.4) is 0 Å². The van der Waals surface area contributed by atoms with Crippen molar-refractivity contribution in [3.05, 3.63) is 53.9 Å². The zero-order chi connectivity index (χ0) is 15.5. The summed E-state index contributed by atoms with van der Waals surface area (Å²) in [7, 11) is -3.73. The van der Waals surface area contributed by atoms with E-state index in [-0.39, 0.29) is 17.0 Å². The number of aromatic nitrogens is 1. The lowest BCUT2D eigenvalue weighted by Crippen LogP contribution is -2.28. The van der Waals surface area contributed by atoms with Gasteiger partial charge in [0, 0.05) is 25.5 Å². The van der Waals surface area contributed by atoms with Gasteiger partial charge in [-0.15, -0.1) is 0 Å². The fraction of sp³-hybridized carbons (Fsp3) is 0.214. The first-order valence-corrected chi connectivity index (χ1v) is 7.83. The zero-order valence-corrected chi connectivity index (χ0v) is 12.3. The van der Waals surface area contributed by atoms with Crippen molar-refractivity contribution in [1.29, 1.82) is 0 Å². The van der Waals surface area contributed by atoms with Gasteiger partial charge in [0.1, 0.15) is 0 Å². The van der Waals surface area contributed by atoms with E-state index in [0.29, 0.717) is 12.1 Å². The van der Waals surface area contributed by atoms with Crippen LogP contribution in [0.4, 0.5) is 0 Å². The number of aryl methyl sites for hydroxylation is 1. The van der Waals surface area contributed by atoms with E-state index in [4.69, 9.17) is 5.11 Å². The molecule has 0 aliphatic carbocycles. The van der Waals surface area contributed by atoms with Gasteiger partial charge in [-0.2, -0.15) is 0 Å². The molecule has 112 valence electrons. The molecule has 7 heteroatoms. The fourth-order valence-corrected chi connectivity index (χ4v) is 3.22. The number of benzene rings is 1. The zero-order valence-electron chi connectivity index (χ0n) is 11.5. The maximum atomic E-state index is 12.2. The maximum Gasteiger partial charge on any atom is 0.335 e. The van der Waals surface area contributed by atoms with Gasteiger partial charge < -0.3 is 9.67 Å². The largest absolute Gasteiger partial charge is 0.478 e. The van der Waals surface area contributed by atoms with Gasteiger partial charge in [0.05, 0.1) is 10.5 Å². The normalized spacial score (nSPS) is 11.5. The van der Waals surface area contributed by atoms with Gasteiger partial charge >= 0.3 is 5.97 Å². The minimum Gasteiger partial charge on any atom is -0.478 e. The van der Waals surface area contributed by atoms with Gasteiger partial charge in [-0.1, -0.05) is 6.07 Å². The molecule has 0 saturated heterocycles. The molecule has 0 aliphatic heterocycles. The summed E-state index contributed by atoms with van der Waals surface area (Å²) in [5.41, 5.74) is 0.458. The first-order valence-electron chi connectivity index (χ1n) is 6.34. The van der Waals surface area contributed by atoms with Gasteiger partial charge in [-0.05, 0) is 36.8 Å². The number of hydrogen-bond donors (Lipinski definition) is 2. The van der Waals surface area contributed by atoms with Crippen molar-refractivity contribution in [2.75, 3.05) is 6.54 Å². The third-order valence-electron chi connectivity index (χ3n) is 3.05. The Bertz CT molecular complexity index is 736. The highest BCUT2D eigenvalue weighted by Crippen LogP contribution is 2.17. The number of rotatable bonds is 6. The fourth-order valence-electron chi connectivity index (χ4n) is 1.93. The Morgan fingerprint density at radius 3 is 2.57 bits per heavy atom. The minimum atomic E-state index is -3.73. The molecule has 0 atom stereocenters. The summed E-state index contributed by atoms with van der Waals surface area (Å²) in [5, 5.41) is 8.95. The van der Waals surface area contributed by atoms with Crippen molar-refractivity contribution in [3.63, 3.8) is 0 Å². The molecule has 0 amide bonds. The number of nitrogens with one attached hydrogen (secondary N) is 1. The first-order chi connectivity index (χ1) is 9.90. The molecule has 0 fully saturated rings. The van der Waals surface area contributed by atoms with E-state index in [2.05, 4.69) is 4.72 Å². The van der Waals surface area contributed by atoms with E-state index in [1.54, 1.807) is 6.92 Å². The Morgan fingerprint density at radius 1 is 1.29 bits per heavy atom. The second kappa shape index (κ2) is 6.11. The van der Waals surface area contributed by atoms with E-state index in [9.17, 15) is 13.2 Å². The maximum absolute atomic E-state index is 12.2. The third kappa shape index (κ3) is 3.71. The van der Waals surface area contributed by atoms with Gasteiger partial charge in [0.15, 0.2) is 0 Å². The van der Waals surface area contributed by atoms with Crippen molar-refractivity contribution in [2.45, 2.75) is 18.4 Å². The number of nitrogens with zero attached hydrogens (tertiary/aromatic N) is 1. The quantitative estimate of drug-likeness (QED) is 0.846. The van der Waals surface area contributed by atoms with Crippen molar-refractivity contribution >= 4 is 16.0 Å². The third-order valence-corrected chi connectivity index (χ3v) is 4.66. The van der Waals surface area contributed by atoms with Crippen LogP contribution in [0.2, 0.25) is 0 Å². The van der Waals surface area contributed by atoms with Gasteiger partial charge in [0.25, 0.3) is 0 Å². The number of aromatic carboxylic acids is 1. The van der Waals surface area contributed by atoms with Crippen LogP contribution in [0, 0.1) is 6.92 Å². The number of sulfonamides is 1. The average Bonchev–Trinajstić information content (AvgIpc) is 2.91. The van der Waals surface area contributed by atoms with Crippen molar-refractivity contribution < 1.29 is 18.3 Å². The van der Waals surface area contributed by atoms with Crippen molar-refractivity contribution in [1.82, 2.24) is 9.29 Å². The molecule has 0 radical (unpaired) electrons. The molecule has 6 nitrogen and oxygen atoms in total. The van der Waals surface area contributed by atoms with E-state index in [1.165, 1.54) is 18.2 Å². The molecule has 0 spiro atoms. The first kappa shape index (κ1) is 15.3. The van der Waals surface area contributed by atoms with Gasteiger partial charge in [-0.25, -0.2) is 17.9 Å². The summed E-state index contributed by atoms with van der Waals surface area (Å²) in [5.74, 6) is -1.15. The van der Waals surface area contributed by atoms with Crippen LogP contribution in [-0.4, -0.2) is 30.6 Å². The molecule has 0 aliphatic rings. The molecule has 2 rings (SSSR count). The summed E-state index contributed by atoms with van der Waals surface area (Å²) in [6.45, 7) is 2.36. The molecule has 0 unspecified atom stereocenters. The van der Waals surface area contributed by atoms with Gasteiger partial charge in [-0.3, -0.25) is 0 Å². The van der Waals surface area contributed by atoms with Crippen LogP contribution in [0.15, 0.2) is 47.6 Å². The monoisotopic (exact) mass is 308 g/mol. The molecule has 1 aromatic carbocycles. The van der Waals surface area contributed by atoms with E-state index < -0.39 is 16.0 Å². The molecule has 0 bridgehead atoms. The van der Waals surface area contributed by atoms with Crippen LogP contribution in [0.25, 0.3) is 0 Å². The van der Waals surface area contributed by atoms with Crippen LogP contribution in [-0.2, 0) is 16.6 Å². The highest BCUT2D eigenvalue weighted by molar-refractivity contribution is 7.89. The Morgan fingerprint density at radius 2 is 1.95 bits per heavy atom. The lowest BCUT2D eigenvalue weighted by molar-refractivity contribution is 0.0696. The van der Waals surface area contributed by atoms with E-state index in [1.807, 2.05) is 29.1 Å². The summed E-state index contributed by atoms with van der Waals surface area (Å²) < 4.78 is 28.8. The Balaban J connectivity index is 2.15. The summed E-state index contributed by atoms with van der Waals surface area (Å²) >= 11 is 0. The molecule has 1 aromatic heterocycles. The molecule has 2 aromatic rings. The minimum absolute atomic E-state index is 0.00472. The number of carboxylic acids is 1. The number of carbonyl (C=O) groups is 1. The summed E-state index contributed by atoms with van der Waals surface area (Å²) in [6.07, 6.45) is 3.68. The Kier molecular flexibility index (Phi) is 4.44. The molecule has 2 N–H and O–H groups in total. The lowest BCUT2D eigenvalue weighted by Gasteiger charge is -2.10. The second-order valence-electron chi connectivity index (χ2n) is 4.60. The van der Waals surface area contributed by atoms with Gasteiger partial charge in [0.2, 0.25) is 10.0 Å². The number of carboxylic acid groups (broad SMARTS) is 1. The SMILES string of the molecule is Cc1ccc(C(=O)O)cc1S(=O)(=O)NCCn1cccc1. The van der Waals surface area contributed by atoms with E-state index in [0.717, 1.165) is 0 Å². The predicted octanol–water partition coefficient (Wildman–Crippen LogP) is 1.47. The Labute approximate surface area is 123 Å². The summed E-state index contributed by atoms with van der Waals surface area (Å²) in [4.78, 5) is 10.9. The molecule has 1 heterocycles. The van der Waals surface area contributed by atoms with Crippen LogP contribution >= 0.6 is 0 Å². The highest BCUT2D eigenvalue weighted by atomic mass is 32.2. The number of hydrogen-bond acceptors (Lipinski definition) is 3. The molecular weight excluding hydrogens is 292 g/mol. The Hall–Kier alpha value is -2.12. The second-order valence-corrected chi connectivity index (χ2v) is 6.34. The molecular formula is C14H16N2O4S. The average molecular weight is 308 g/mol. The topological polar surface area (TPSA) is 88.4 Å². The van der Waals surface area contributed by atoms with Crippen LogP contribution < -0.4 is 4.72 Å². The predicted molar refractivity (Wildman–Crippen MR) is 77.8 cm³/mol. The smallest absolute Gasteiger partial charge is 0.335 e. The van der Waals surface area contributed by atoms with Crippen LogP contribution in [0.5, 0.6) is 0 Å². The molecule has 0 saturated carbocycles. The standard InChI is InChI=1S/C14H16N2O4S/c1-11-4-5-12(14(17)18)10-13(11)21(19,20)15-6-9-16-7-2-3-8-16/h2-5,7-8,10,15H,6,9H2,1H3,(H,17,18). The van der Waals surface area contributed by atoms with E-state index >= 15 is 0 Å². The van der Waals surface area contributed by atoms with Crippen molar-refractivity contribution in [2.24, 2.45) is 0 Å². The summed E-state index contributed by atoms with van der Waals surface area (Å²) in [6, 6.07) is 7.76. The van der Waals surface area contributed by atoms with Crippen LogP contribution in [0.1, 0.15) is 15.9 Å². The lowest BCUT2D eigenvalue weighted by atomic mass is 10.1. The van der Waals surface area contributed by atoms with Crippen molar-refractivity contribution in [3.8, 4) is 0 Å².